The molecule has 0 saturated carbocycles. The molecule has 0 aliphatic carbocycles. The summed E-state index contributed by atoms with van der Waals surface area (Å²) in [5, 5.41) is 2.94. The predicted molar refractivity (Wildman–Crippen MR) is 73.3 cm³/mol. The largest absolute Gasteiger partial charge is 0.366 e. The predicted octanol–water partition coefficient (Wildman–Crippen LogP) is 2.03. The van der Waals surface area contributed by atoms with Gasteiger partial charge in [-0.2, -0.15) is 0 Å². The summed E-state index contributed by atoms with van der Waals surface area (Å²) in [6.07, 6.45) is 1.77. The number of amides is 2. The number of halogens is 1. The average molecular weight is 278 g/mol. The lowest BCUT2D eigenvalue weighted by Gasteiger charge is -2.08. The van der Waals surface area contributed by atoms with Crippen molar-refractivity contribution >= 4 is 29.1 Å². The van der Waals surface area contributed by atoms with Crippen molar-refractivity contribution in [2.75, 3.05) is 5.32 Å². The summed E-state index contributed by atoms with van der Waals surface area (Å²) in [6.45, 7) is 0. The van der Waals surface area contributed by atoms with Gasteiger partial charge in [-0.25, -0.2) is 0 Å². The average Bonchev–Trinajstić information content (AvgIpc) is 2.77. The number of hydrogen-bond acceptors (Lipinski definition) is 2. The summed E-state index contributed by atoms with van der Waals surface area (Å²) >= 11 is 5.83. The highest BCUT2D eigenvalue weighted by molar-refractivity contribution is 6.34. The smallest absolute Gasteiger partial charge is 0.272 e. The zero-order valence-corrected chi connectivity index (χ0v) is 10.9. The van der Waals surface area contributed by atoms with Gasteiger partial charge in [0, 0.05) is 18.9 Å². The van der Waals surface area contributed by atoms with E-state index in [9.17, 15) is 9.59 Å². The molecule has 0 radical (unpaired) electrons. The number of hydrogen-bond donors (Lipinski definition) is 2. The monoisotopic (exact) mass is 277 g/mol. The van der Waals surface area contributed by atoms with Gasteiger partial charge in [-0.1, -0.05) is 11.6 Å². The van der Waals surface area contributed by atoms with Gasteiger partial charge in [0.05, 0.1) is 10.6 Å². The van der Waals surface area contributed by atoms with Crippen molar-refractivity contribution in [1.82, 2.24) is 4.57 Å². The maximum Gasteiger partial charge on any atom is 0.272 e. The molecule has 5 nitrogen and oxygen atoms in total. The van der Waals surface area contributed by atoms with Crippen molar-refractivity contribution in [2.24, 2.45) is 12.8 Å². The van der Waals surface area contributed by atoms with Crippen LogP contribution in [-0.2, 0) is 7.05 Å². The number of nitrogens with one attached hydrogen (secondary N) is 1. The number of primary amides is 1. The third kappa shape index (κ3) is 2.77. The van der Waals surface area contributed by atoms with Crippen LogP contribution < -0.4 is 11.1 Å². The molecule has 2 aromatic rings. The van der Waals surface area contributed by atoms with Gasteiger partial charge in [-0.15, -0.1) is 0 Å². The molecule has 1 heterocycles. The van der Waals surface area contributed by atoms with E-state index < -0.39 is 5.91 Å². The fourth-order valence-corrected chi connectivity index (χ4v) is 1.89. The summed E-state index contributed by atoms with van der Waals surface area (Å²) in [5.41, 5.74) is 6.34. The Balaban J connectivity index is 2.25. The van der Waals surface area contributed by atoms with Crippen LogP contribution >= 0.6 is 11.6 Å². The normalized spacial score (nSPS) is 10.2. The highest BCUT2D eigenvalue weighted by Crippen LogP contribution is 2.20. The van der Waals surface area contributed by atoms with E-state index in [0.717, 1.165) is 0 Å². The van der Waals surface area contributed by atoms with E-state index in [4.69, 9.17) is 17.3 Å². The third-order valence-corrected chi connectivity index (χ3v) is 3.00. The lowest BCUT2D eigenvalue weighted by molar-refractivity contribution is 0.0995. The summed E-state index contributed by atoms with van der Waals surface area (Å²) < 4.78 is 1.69. The number of benzene rings is 1. The van der Waals surface area contributed by atoms with Crippen LogP contribution in [0.4, 0.5) is 5.69 Å². The molecule has 3 N–H and O–H groups in total. The molecule has 0 aliphatic heterocycles. The van der Waals surface area contributed by atoms with Crippen LogP contribution in [0.2, 0.25) is 5.02 Å². The van der Waals surface area contributed by atoms with Gasteiger partial charge in [0.2, 0.25) is 5.91 Å². The zero-order chi connectivity index (χ0) is 14.0. The van der Waals surface area contributed by atoms with Crippen molar-refractivity contribution in [2.45, 2.75) is 0 Å². The molecule has 0 unspecified atom stereocenters. The molecular formula is C13H12ClN3O2. The number of carbonyl (C=O) groups excluding carboxylic acids is 2. The molecule has 98 valence electrons. The van der Waals surface area contributed by atoms with Crippen LogP contribution in [0.3, 0.4) is 0 Å². The van der Waals surface area contributed by atoms with E-state index in [1.807, 2.05) is 0 Å². The molecule has 1 aromatic carbocycles. The van der Waals surface area contributed by atoms with Crippen LogP contribution in [0.1, 0.15) is 20.8 Å². The van der Waals surface area contributed by atoms with Crippen LogP contribution in [0.5, 0.6) is 0 Å². The first-order chi connectivity index (χ1) is 8.99. The maximum absolute atomic E-state index is 12.0. The molecule has 0 aliphatic rings. The number of nitrogens with two attached hydrogens (primary N) is 1. The van der Waals surface area contributed by atoms with Gasteiger partial charge >= 0.3 is 0 Å². The van der Waals surface area contributed by atoms with E-state index in [0.29, 0.717) is 11.4 Å². The Bertz CT molecular complexity index is 649. The van der Waals surface area contributed by atoms with Crippen LogP contribution in [0.15, 0.2) is 36.5 Å². The summed E-state index contributed by atoms with van der Waals surface area (Å²) in [4.78, 5) is 23.1. The van der Waals surface area contributed by atoms with Crippen molar-refractivity contribution < 1.29 is 9.59 Å². The molecule has 6 heteroatoms. The molecule has 2 rings (SSSR count). The van der Waals surface area contributed by atoms with Gasteiger partial charge < -0.3 is 15.6 Å². The quantitative estimate of drug-likeness (QED) is 0.900. The molecule has 19 heavy (non-hydrogen) atoms. The minimum absolute atomic E-state index is 0.173. The fraction of sp³-hybridized carbons (Fsp3) is 0.0769. The Morgan fingerprint density at radius 2 is 2.05 bits per heavy atom. The Kier molecular flexibility index (Phi) is 3.57. The lowest BCUT2D eigenvalue weighted by atomic mass is 10.2. The Morgan fingerprint density at radius 3 is 2.63 bits per heavy atom. The lowest BCUT2D eigenvalue weighted by Crippen LogP contribution is -2.16. The van der Waals surface area contributed by atoms with E-state index in [1.54, 1.807) is 36.0 Å². The topological polar surface area (TPSA) is 77.1 Å². The van der Waals surface area contributed by atoms with Gasteiger partial charge in [-0.3, -0.25) is 9.59 Å². The Hall–Kier alpha value is -2.27. The number of carbonyl (C=O) groups is 2. The van der Waals surface area contributed by atoms with Crippen LogP contribution in [-0.4, -0.2) is 16.4 Å². The molecule has 0 saturated heterocycles. The van der Waals surface area contributed by atoms with Gasteiger partial charge in [0.25, 0.3) is 5.91 Å². The van der Waals surface area contributed by atoms with Gasteiger partial charge in [0.1, 0.15) is 5.69 Å². The molecule has 0 atom stereocenters. The third-order valence-electron chi connectivity index (χ3n) is 2.67. The number of aryl methyl sites for hydroxylation is 1. The molecule has 1 aromatic heterocycles. The molecule has 0 bridgehead atoms. The van der Waals surface area contributed by atoms with E-state index in [-0.39, 0.29) is 16.5 Å². The van der Waals surface area contributed by atoms with Gasteiger partial charge in [0.15, 0.2) is 0 Å². The van der Waals surface area contributed by atoms with Crippen LogP contribution in [0.25, 0.3) is 0 Å². The molecule has 2 amide bonds. The Morgan fingerprint density at radius 1 is 1.32 bits per heavy atom. The number of rotatable bonds is 3. The first-order valence-corrected chi connectivity index (χ1v) is 5.89. The first kappa shape index (κ1) is 13.2. The number of aromatic nitrogens is 1. The second-order valence-electron chi connectivity index (χ2n) is 4.02. The summed E-state index contributed by atoms with van der Waals surface area (Å²) in [6, 6.07) is 8.04. The first-order valence-electron chi connectivity index (χ1n) is 5.51. The fourth-order valence-electron chi connectivity index (χ4n) is 1.68. The number of nitrogens with zero attached hydrogens (tertiary/aromatic N) is 1. The second-order valence-corrected chi connectivity index (χ2v) is 4.42. The highest BCUT2D eigenvalue weighted by Gasteiger charge is 2.12. The van der Waals surface area contributed by atoms with Crippen molar-refractivity contribution in [1.29, 1.82) is 0 Å². The number of anilines is 1. The molecule has 0 spiro atoms. The standard InChI is InChI=1S/C13H12ClN3O2/c1-17-6-2-3-11(17)13(19)16-8-4-5-10(14)9(7-8)12(15)18/h2-7H,1H3,(H2,15,18)(H,16,19). The molecule has 0 fully saturated rings. The van der Waals surface area contributed by atoms with Gasteiger partial charge in [-0.05, 0) is 30.3 Å². The van der Waals surface area contributed by atoms with Crippen molar-refractivity contribution in [3.8, 4) is 0 Å². The minimum atomic E-state index is -0.639. The van der Waals surface area contributed by atoms with E-state index in [2.05, 4.69) is 5.32 Å². The molecular weight excluding hydrogens is 266 g/mol. The second kappa shape index (κ2) is 5.16. The van der Waals surface area contributed by atoms with Crippen LogP contribution in [0, 0.1) is 0 Å². The summed E-state index contributed by atoms with van der Waals surface area (Å²) in [7, 11) is 1.77. The van der Waals surface area contributed by atoms with E-state index >= 15 is 0 Å². The Labute approximate surface area is 115 Å². The van der Waals surface area contributed by atoms with Crippen molar-refractivity contribution in [3.63, 3.8) is 0 Å². The van der Waals surface area contributed by atoms with E-state index in [1.165, 1.54) is 12.1 Å². The minimum Gasteiger partial charge on any atom is -0.366 e. The summed E-state index contributed by atoms with van der Waals surface area (Å²) in [5.74, 6) is -0.912. The van der Waals surface area contributed by atoms with Crippen molar-refractivity contribution in [3.05, 3.63) is 52.8 Å². The highest BCUT2D eigenvalue weighted by atomic mass is 35.5. The zero-order valence-electron chi connectivity index (χ0n) is 10.2. The maximum atomic E-state index is 12.0. The SMILES string of the molecule is Cn1cccc1C(=O)Nc1ccc(Cl)c(C(N)=O)c1.